The Bertz CT molecular complexity index is 640. The third-order valence-corrected chi connectivity index (χ3v) is 2.73. The molecule has 4 nitrogen and oxygen atoms in total. The Hall–Kier alpha value is -2.10. The van der Waals surface area contributed by atoms with Crippen molar-refractivity contribution in [2.24, 2.45) is 7.05 Å². The van der Waals surface area contributed by atoms with Gasteiger partial charge < -0.3 is 9.67 Å². The molecule has 0 atom stereocenters. The van der Waals surface area contributed by atoms with Crippen LogP contribution in [0, 0.1) is 6.92 Å². The molecule has 0 saturated carbocycles. The first-order chi connectivity index (χ1) is 7.50. The van der Waals surface area contributed by atoms with E-state index in [9.17, 15) is 9.59 Å². The quantitative estimate of drug-likeness (QED) is 0.788. The molecule has 0 aliphatic heterocycles. The van der Waals surface area contributed by atoms with Gasteiger partial charge in [-0.2, -0.15) is 0 Å². The zero-order chi connectivity index (χ0) is 11.9. The maximum Gasteiger partial charge on any atom is 0.335 e. The first-order valence-corrected chi connectivity index (χ1v) is 4.84. The van der Waals surface area contributed by atoms with Crippen LogP contribution in [0.25, 0.3) is 10.8 Å². The molecule has 0 saturated heterocycles. The molecular formula is C12H11NO3. The van der Waals surface area contributed by atoms with Crippen LogP contribution < -0.4 is 5.56 Å². The van der Waals surface area contributed by atoms with Gasteiger partial charge in [0, 0.05) is 18.1 Å². The topological polar surface area (TPSA) is 59.3 Å². The maximum atomic E-state index is 11.8. The van der Waals surface area contributed by atoms with Crippen molar-refractivity contribution >= 4 is 16.7 Å². The minimum Gasteiger partial charge on any atom is -0.478 e. The van der Waals surface area contributed by atoms with Crippen LogP contribution in [0.3, 0.4) is 0 Å². The third-order valence-electron chi connectivity index (χ3n) is 2.73. The molecule has 1 N–H and O–H groups in total. The van der Waals surface area contributed by atoms with Gasteiger partial charge in [0.25, 0.3) is 5.56 Å². The molecule has 0 radical (unpaired) electrons. The molecule has 0 unspecified atom stereocenters. The van der Waals surface area contributed by atoms with E-state index in [0.29, 0.717) is 10.8 Å². The van der Waals surface area contributed by atoms with Crippen LogP contribution in [0.2, 0.25) is 0 Å². The molecule has 4 heteroatoms. The number of hydrogen-bond donors (Lipinski definition) is 1. The van der Waals surface area contributed by atoms with Crippen LogP contribution in [0.5, 0.6) is 0 Å². The summed E-state index contributed by atoms with van der Waals surface area (Å²) < 4.78 is 1.54. The zero-order valence-corrected chi connectivity index (χ0v) is 9.02. The number of carbonyl (C=O) groups is 1. The third kappa shape index (κ3) is 1.48. The average molecular weight is 217 g/mol. The van der Waals surface area contributed by atoms with Gasteiger partial charge in [0.15, 0.2) is 0 Å². The van der Waals surface area contributed by atoms with E-state index in [1.807, 2.05) is 13.0 Å². The van der Waals surface area contributed by atoms with Gasteiger partial charge in [0.05, 0.1) is 5.56 Å². The molecule has 16 heavy (non-hydrogen) atoms. The lowest BCUT2D eigenvalue weighted by molar-refractivity contribution is 0.0697. The molecule has 0 fully saturated rings. The van der Waals surface area contributed by atoms with Crippen molar-refractivity contribution in [3.05, 3.63) is 45.9 Å². The van der Waals surface area contributed by atoms with Crippen LogP contribution >= 0.6 is 0 Å². The Morgan fingerprint density at radius 1 is 1.31 bits per heavy atom. The van der Waals surface area contributed by atoms with Crippen LogP contribution in [0.4, 0.5) is 0 Å². The summed E-state index contributed by atoms with van der Waals surface area (Å²) in [4.78, 5) is 22.6. The number of aryl methyl sites for hydroxylation is 1. The van der Waals surface area contributed by atoms with Gasteiger partial charge in [-0.15, -0.1) is 0 Å². The Morgan fingerprint density at radius 3 is 2.62 bits per heavy atom. The summed E-state index contributed by atoms with van der Waals surface area (Å²) in [5, 5.41) is 10.1. The molecule has 82 valence electrons. The monoisotopic (exact) mass is 217 g/mol. The first-order valence-electron chi connectivity index (χ1n) is 4.84. The Kier molecular flexibility index (Phi) is 2.27. The van der Waals surface area contributed by atoms with Gasteiger partial charge >= 0.3 is 5.97 Å². The van der Waals surface area contributed by atoms with Crippen molar-refractivity contribution in [2.45, 2.75) is 6.92 Å². The SMILES string of the molecule is Cc1cc2cc(C(=O)O)ccc2c(=O)n1C. The normalized spacial score (nSPS) is 10.6. The number of aromatic carboxylic acids is 1. The fourth-order valence-electron chi connectivity index (χ4n) is 1.67. The lowest BCUT2D eigenvalue weighted by Gasteiger charge is -2.06. The number of aromatic nitrogens is 1. The summed E-state index contributed by atoms with van der Waals surface area (Å²) in [6, 6.07) is 6.33. The number of fused-ring (bicyclic) bond motifs is 1. The second-order valence-electron chi connectivity index (χ2n) is 3.76. The lowest BCUT2D eigenvalue weighted by atomic mass is 10.1. The maximum absolute atomic E-state index is 11.8. The highest BCUT2D eigenvalue weighted by Gasteiger charge is 2.07. The molecule has 0 aliphatic rings. The minimum absolute atomic E-state index is 0.105. The molecule has 0 spiro atoms. The van der Waals surface area contributed by atoms with Gasteiger partial charge in [0.2, 0.25) is 0 Å². The number of benzene rings is 1. The summed E-state index contributed by atoms with van der Waals surface area (Å²) in [6.45, 7) is 1.81. The van der Waals surface area contributed by atoms with Gasteiger partial charge in [-0.05, 0) is 36.6 Å². The van der Waals surface area contributed by atoms with Gasteiger partial charge in [-0.25, -0.2) is 4.79 Å². The lowest BCUT2D eigenvalue weighted by Crippen LogP contribution is -2.18. The van der Waals surface area contributed by atoms with Crippen LogP contribution in [-0.4, -0.2) is 15.6 Å². The van der Waals surface area contributed by atoms with Crippen LogP contribution in [0.15, 0.2) is 29.1 Å². The molecule has 0 aliphatic carbocycles. The Morgan fingerprint density at radius 2 is 2.00 bits per heavy atom. The molecule has 0 bridgehead atoms. The van der Waals surface area contributed by atoms with Crippen molar-refractivity contribution in [3.8, 4) is 0 Å². The van der Waals surface area contributed by atoms with Crippen LogP contribution in [0.1, 0.15) is 16.1 Å². The fraction of sp³-hybridized carbons (Fsp3) is 0.167. The van der Waals surface area contributed by atoms with Crippen molar-refractivity contribution in [2.75, 3.05) is 0 Å². The molecule has 1 aromatic heterocycles. The number of rotatable bonds is 1. The highest BCUT2D eigenvalue weighted by Crippen LogP contribution is 2.14. The van der Waals surface area contributed by atoms with E-state index < -0.39 is 5.97 Å². The van der Waals surface area contributed by atoms with E-state index in [2.05, 4.69) is 0 Å². The van der Waals surface area contributed by atoms with E-state index in [4.69, 9.17) is 5.11 Å². The number of carboxylic acid groups (broad SMARTS) is 1. The number of pyridine rings is 1. The smallest absolute Gasteiger partial charge is 0.335 e. The first kappa shape index (κ1) is 10.4. The molecular weight excluding hydrogens is 206 g/mol. The average Bonchev–Trinajstić information content (AvgIpc) is 2.25. The van der Waals surface area contributed by atoms with Gasteiger partial charge in [-0.3, -0.25) is 4.79 Å². The zero-order valence-electron chi connectivity index (χ0n) is 9.02. The van der Waals surface area contributed by atoms with Crippen molar-refractivity contribution in [1.29, 1.82) is 0 Å². The van der Waals surface area contributed by atoms with Crippen molar-refractivity contribution in [3.63, 3.8) is 0 Å². The van der Waals surface area contributed by atoms with Gasteiger partial charge in [-0.1, -0.05) is 0 Å². The largest absolute Gasteiger partial charge is 0.478 e. The van der Waals surface area contributed by atoms with Crippen molar-refractivity contribution < 1.29 is 9.90 Å². The molecule has 2 rings (SSSR count). The summed E-state index contributed by atoms with van der Waals surface area (Å²) in [5.74, 6) is -0.986. The van der Waals surface area contributed by atoms with E-state index in [0.717, 1.165) is 5.69 Å². The van der Waals surface area contributed by atoms with Crippen LogP contribution in [-0.2, 0) is 7.05 Å². The summed E-state index contributed by atoms with van der Waals surface area (Å²) in [5.41, 5.74) is 0.895. The second kappa shape index (κ2) is 3.48. The fourth-order valence-corrected chi connectivity index (χ4v) is 1.67. The number of carboxylic acids is 1. The van der Waals surface area contributed by atoms with E-state index in [1.54, 1.807) is 17.7 Å². The highest BCUT2D eigenvalue weighted by atomic mass is 16.4. The van der Waals surface area contributed by atoms with Crippen molar-refractivity contribution in [1.82, 2.24) is 4.57 Å². The summed E-state index contributed by atoms with van der Waals surface area (Å²) in [7, 11) is 1.70. The number of hydrogen-bond acceptors (Lipinski definition) is 2. The van der Waals surface area contributed by atoms with E-state index in [1.165, 1.54) is 12.1 Å². The van der Waals surface area contributed by atoms with Gasteiger partial charge in [0.1, 0.15) is 0 Å². The highest BCUT2D eigenvalue weighted by molar-refractivity contribution is 5.94. The second-order valence-corrected chi connectivity index (χ2v) is 3.76. The van der Waals surface area contributed by atoms with E-state index in [-0.39, 0.29) is 11.1 Å². The summed E-state index contributed by atoms with van der Waals surface area (Å²) in [6.07, 6.45) is 0. The predicted molar refractivity (Wildman–Crippen MR) is 60.9 cm³/mol. The number of nitrogens with zero attached hydrogens (tertiary/aromatic N) is 1. The Labute approximate surface area is 91.8 Å². The van der Waals surface area contributed by atoms with E-state index >= 15 is 0 Å². The predicted octanol–water partition coefficient (Wildman–Crippen LogP) is 1.55. The Balaban J connectivity index is 2.86. The standard InChI is InChI=1S/C12H11NO3/c1-7-5-9-6-8(12(15)16)3-4-10(9)11(14)13(7)2/h3-6H,1-2H3,(H,15,16). The molecule has 2 aromatic rings. The summed E-state index contributed by atoms with van der Waals surface area (Å²) >= 11 is 0. The molecule has 1 aromatic carbocycles. The molecule has 0 amide bonds. The minimum atomic E-state index is -0.986. The molecule has 1 heterocycles.